The second-order valence-electron chi connectivity index (χ2n) is 6.83. The molecule has 0 saturated heterocycles. The van der Waals surface area contributed by atoms with E-state index in [-0.39, 0.29) is 12.2 Å². The standard InChI is InChI=1S/C26H22N2O5/c1-31-25(29)18-33-24-10-6-5-9-20(24)15-21(16-27)26(30)28-22-11-13-23(14-12-22)32-17-19-7-3-2-4-8-19/h2-15H,17-18H2,1H3,(H,28,30)/b21-15+. The molecule has 0 aliphatic carbocycles. The Bertz CT molecular complexity index is 1170. The number of para-hydroxylation sites is 1. The highest BCUT2D eigenvalue weighted by Crippen LogP contribution is 2.22. The van der Waals surface area contributed by atoms with Crippen molar-refractivity contribution in [2.75, 3.05) is 19.0 Å². The summed E-state index contributed by atoms with van der Waals surface area (Å²) in [6, 6.07) is 25.3. The minimum Gasteiger partial charge on any atom is -0.489 e. The van der Waals surface area contributed by atoms with Crippen LogP contribution in [0.4, 0.5) is 5.69 Å². The average Bonchev–Trinajstić information content (AvgIpc) is 2.86. The van der Waals surface area contributed by atoms with E-state index in [1.807, 2.05) is 36.4 Å². The number of hydrogen-bond donors (Lipinski definition) is 1. The van der Waals surface area contributed by atoms with Crippen LogP contribution in [0.5, 0.6) is 11.5 Å². The molecule has 0 radical (unpaired) electrons. The first kappa shape index (κ1) is 23.1. The van der Waals surface area contributed by atoms with Gasteiger partial charge in [0.05, 0.1) is 7.11 Å². The van der Waals surface area contributed by atoms with Crippen LogP contribution in [-0.4, -0.2) is 25.6 Å². The van der Waals surface area contributed by atoms with E-state index in [0.29, 0.717) is 29.4 Å². The largest absolute Gasteiger partial charge is 0.489 e. The summed E-state index contributed by atoms with van der Waals surface area (Å²) in [5.74, 6) is -0.102. The van der Waals surface area contributed by atoms with Crippen LogP contribution in [0.2, 0.25) is 0 Å². The van der Waals surface area contributed by atoms with Gasteiger partial charge >= 0.3 is 5.97 Å². The van der Waals surface area contributed by atoms with Gasteiger partial charge in [-0.25, -0.2) is 4.79 Å². The highest BCUT2D eigenvalue weighted by molar-refractivity contribution is 6.09. The van der Waals surface area contributed by atoms with Gasteiger partial charge in [-0.3, -0.25) is 4.79 Å². The van der Waals surface area contributed by atoms with Crippen LogP contribution in [0.15, 0.2) is 84.4 Å². The number of esters is 1. The van der Waals surface area contributed by atoms with E-state index in [1.54, 1.807) is 48.5 Å². The van der Waals surface area contributed by atoms with Crippen LogP contribution in [0.3, 0.4) is 0 Å². The number of hydrogen-bond acceptors (Lipinski definition) is 6. The van der Waals surface area contributed by atoms with Crippen molar-refractivity contribution in [3.63, 3.8) is 0 Å². The zero-order valence-corrected chi connectivity index (χ0v) is 18.0. The Morgan fingerprint density at radius 1 is 0.939 bits per heavy atom. The maximum atomic E-state index is 12.6. The van der Waals surface area contributed by atoms with Crippen LogP contribution >= 0.6 is 0 Å². The van der Waals surface area contributed by atoms with Crippen LogP contribution in [0.1, 0.15) is 11.1 Å². The van der Waals surface area contributed by atoms with Gasteiger partial charge in [0, 0.05) is 11.3 Å². The molecule has 3 aromatic rings. The summed E-state index contributed by atoms with van der Waals surface area (Å²) in [7, 11) is 1.26. The van der Waals surface area contributed by atoms with Gasteiger partial charge in [0.1, 0.15) is 29.7 Å². The first-order chi connectivity index (χ1) is 16.1. The molecule has 3 aromatic carbocycles. The number of amides is 1. The zero-order chi connectivity index (χ0) is 23.5. The molecular weight excluding hydrogens is 420 g/mol. The molecule has 1 amide bonds. The van der Waals surface area contributed by atoms with Gasteiger partial charge in [0.2, 0.25) is 0 Å². The molecule has 33 heavy (non-hydrogen) atoms. The molecule has 166 valence electrons. The molecule has 0 aromatic heterocycles. The number of nitriles is 1. The number of benzene rings is 3. The average molecular weight is 442 g/mol. The number of rotatable bonds is 9. The molecule has 0 saturated carbocycles. The predicted octanol–water partition coefficient (Wildman–Crippen LogP) is 4.36. The Morgan fingerprint density at radius 3 is 2.33 bits per heavy atom. The number of ether oxygens (including phenoxy) is 3. The number of methoxy groups -OCH3 is 1. The van der Waals surface area contributed by atoms with Crippen molar-refractivity contribution in [3.05, 3.63) is 95.6 Å². The van der Waals surface area contributed by atoms with Gasteiger partial charge in [0.25, 0.3) is 5.91 Å². The van der Waals surface area contributed by atoms with Crippen molar-refractivity contribution in [1.82, 2.24) is 0 Å². The van der Waals surface area contributed by atoms with Gasteiger partial charge in [-0.1, -0.05) is 48.5 Å². The lowest BCUT2D eigenvalue weighted by molar-refractivity contribution is -0.142. The Balaban J connectivity index is 1.64. The van der Waals surface area contributed by atoms with E-state index in [1.165, 1.54) is 13.2 Å². The first-order valence-corrected chi connectivity index (χ1v) is 10.1. The number of carbonyl (C=O) groups excluding carboxylic acids is 2. The molecule has 0 aliphatic rings. The molecule has 7 nitrogen and oxygen atoms in total. The molecule has 0 spiro atoms. The first-order valence-electron chi connectivity index (χ1n) is 10.1. The fraction of sp³-hybridized carbons (Fsp3) is 0.115. The van der Waals surface area contributed by atoms with Gasteiger partial charge < -0.3 is 19.5 Å². The molecule has 7 heteroatoms. The van der Waals surface area contributed by atoms with Crippen LogP contribution in [-0.2, 0) is 20.9 Å². The zero-order valence-electron chi connectivity index (χ0n) is 18.0. The summed E-state index contributed by atoms with van der Waals surface area (Å²) < 4.78 is 15.7. The van der Waals surface area contributed by atoms with E-state index in [9.17, 15) is 14.9 Å². The van der Waals surface area contributed by atoms with E-state index in [0.717, 1.165) is 5.56 Å². The molecule has 0 unspecified atom stereocenters. The third-order valence-electron chi connectivity index (χ3n) is 4.52. The van der Waals surface area contributed by atoms with Crippen LogP contribution < -0.4 is 14.8 Å². The fourth-order valence-corrected chi connectivity index (χ4v) is 2.80. The minimum atomic E-state index is -0.571. The molecule has 0 bridgehead atoms. The van der Waals surface area contributed by atoms with Gasteiger partial charge in [0.15, 0.2) is 6.61 Å². The Labute approximate surface area is 191 Å². The smallest absolute Gasteiger partial charge is 0.343 e. The molecule has 0 atom stereocenters. The molecule has 0 heterocycles. The van der Waals surface area contributed by atoms with E-state index < -0.39 is 11.9 Å². The summed E-state index contributed by atoms with van der Waals surface area (Å²) in [6.45, 7) is 0.152. The maximum absolute atomic E-state index is 12.6. The lowest BCUT2D eigenvalue weighted by Crippen LogP contribution is -2.14. The molecule has 0 fully saturated rings. The van der Waals surface area contributed by atoms with Crippen molar-refractivity contribution >= 4 is 23.6 Å². The molecule has 0 aliphatic heterocycles. The van der Waals surface area contributed by atoms with Crippen molar-refractivity contribution in [2.45, 2.75) is 6.61 Å². The summed E-state index contributed by atoms with van der Waals surface area (Å²) in [5.41, 5.74) is 1.93. The van der Waals surface area contributed by atoms with Gasteiger partial charge in [-0.2, -0.15) is 5.26 Å². The summed E-state index contributed by atoms with van der Waals surface area (Å²) in [6.07, 6.45) is 1.40. The number of nitrogens with one attached hydrogen (secondary N) is 1. The van der Waals surface area contributed by atoms with E-state index >= 15 is 0 Å². The van der Waals surface area contributed by atoms with Crippen molar-refractivity contribution in [2.24, 2.45) is 0 Å². The quantitative estimate of drug-likeness (QED) is 0.300. The normalized spacial score (nSPS) is 10.6. The van der Waals surface area contributed by atoms with E-state index in [4.69, 9.17) is 9.47 Å². The Kier molecular flexibility index (Phi) is 8.21. The predicted molar refractivity (Wildman–Crippen MR) is 123 cm³/mol. The van der Waals surface area contributed by atoms with Crippen LogP contribution in [0, 0.1) is 11.3 Å². The lowest BCUT2D eigenvalue weighted by Gasteiger charge is -2.09. The molecule has 1 N–H and O–H groups in total. The second-order valence-corrected chi connectivity index (χ2v) is 6.83. The highest BCUT2D eigenvalue weighted by atomic mass is 16.6. The Hall–Kier alpha value is -4.57. The second kappa shape index (κ2) is 11.7. The number of anilines is 1. The summed E-state index contributed by atoms with van der Waals surface area (Å²) >= 11 is 0. The minimum absolute atomic E-state index is 0.117. The summed E-state index contributed by atoms with van der Waals surface area (Å²) in [4.78, 5) is 24.0. The van der Waals surface area contributed by atoms with Crippen LogP contribution in [0.25, 0.3) is 6.08 Å². The third-order valence-corrected chi connectivity index (χ3v) is 4.52. The summed E-state index contributed by atoms with van der Waals surface area (Å²) in [5, 5.41) is 12.2. The molecule has 3 rings (SSSR count). The monoisotopic (exact) mass is 442 g/mol. The molecular formula is C26H22N2O5. The van der Waals surface area contributed by atoms with Crippen molar-refractivity contribution < 1.29 is 23.8 Å². The number of carbonyl (C=O) groups is 2. The van der Waals surface area contributed by atoms with Crippen molar-refractivity contribution in [1.29, 1.82) is 5.26 Å². The van der Waals surface area contributed by atoms with Gasteiger partial charge in [-0.05, 0) is 42.0 Å². The van der Waals surface area contributed by atoms with E-state index in [2.05, 4.69) is 10.1 Å². The van der Waals surface area contributed by atoms with Crippen molar-refractivity contribution in [3.8, 4) is 17.6 Å². The lowest BCUT2D eigenvalue weighted by atomic mass is 10.1. The fourth-order valence-electron chi connectivity index (χ4n) is 2.80. The maximum Gasteiger partial charge on any atom is 0.343 e. The SMILES string of the molecule is COC(=O)COc1ccccc1/C=C(\C#N)C(=O)Nc1ccc(OCc2ccccc2)cc1. The topological polar surface area (TPSA) is 97.7 Å². The van der Waals surface area contributed by atoms with Gasteiger partial charge in [-0.15, -0.1) is 0 Å². The third kappa shape index (κ3) is 6.97. The Morgan fingerprint density at radius 2 is 1.64 bits per heavy atom. The number of nitrogens with zero attached hydrogens (tertiary/aromatic N) is 1. The highest BCUT2D eigenvalue weighted by Gasteiger charge is 2.12.